The van der Waals surface area contributed by atoms with E-state index in [1.165, 1.54) is 0 Å². The molecule has 3 aromatic carbocycles. The maximum absolute atomic E-state index is 13.2. The number of rotatable bonds is 3. The van der Waals surface area contributed by atoms with Crippen LogP contribution in [0, 0.1) is 6.92 Å². The van der Waals surface area contributed by atoms with Crippen LogP contribution in [0.2, 0.25) is 0 Å². The molecule has 134 valence electrons. The van der Waals surface area contributed by atoms with E-state index in [0.717, 1.165) is 39.3 Å². The standard InChI is InChI=1S/C23H19NO3/c1-15-7-9-18-19(11-15)22(17-8-10-20-21(12-17)27-14-26-20)24(23(18)25)13-16-5-3-2-4-6-16/h2-12,22H,13-14H2,1H3. The maximum Gasteiger partial charge on any atom is 0.255 e. The van der Waals surface area contributed by atoms with Crippen LogP contribution in [0.5, 0.6) is 11.5 Å². The van der Waals surface area contributed by atoms with Crippen LogP contribution in [0.25, 0.3) is 0 Å². The second kappa shape index (κ2) is 6.16. The van der Waals surface area contributed by atoms with Crippen molar-refractivity contribution in [2.45, 2.75) is 19.5 Å². The monoisotopic (exact) mass is 357 g/mol. The third kappa shape index (κ3) is 2.65. The molecule has 4 heteroatoms. The van der Waals surface area contributed by atoms with Gasteiger partial charge in [-0.2, -0.15) is 0 Å². The Hall–Kier alpha value is -3.27. The second-order valence-electron chi connectivity index (χ2n) is 7.02. The summed E-state index contributed by atoms with van der Waals surface area (Å²) in [5, 5.41) is 0. The number of hydrogen-bond donors (Lipinski definition) is 0. The van der Waals surface area contributed by atoms with E-state index in [1.807, 2.05) is 53.4 Å². The third-order valence-electron chi connectivity index (χ3n) is 5.21. The summed E-state index contributed by atoms with van der Waals surface area (Å²) in [7, 11) is 0. The van der Waals surface area contributed by atoms with Crippen molar-refractivity contribution in [2.24, 2.45) is 0 Å². The molecule has 2 aliphatic rings. The predicted molar refractivity (Wildman–Crippen MR) is 102 cm³/mol. The lowest BCUT2D eigenvalue weighted by Gasteiger charge is -2.26. The van der Waals surface area contributed by atoms with Gasteiger partial charge < -0.3 is 14.4 Å². The molecule has 1 amide bonds. The zero-order chi connectivity index (χ0) is 18.4. The fourth-order valence-corrected chi connectivity index (χ4v) is 3.93. The van der Waals surface area contributed by atoms with E-state index in [-0.39, 0.29) is 18.7 Å². The average Bonchev–Trinajstić information content (AvgIpc) is 3.25. The number of fused-ring (bicyclic) bond motifs is 2. The number of hydrogen-bond acceptors (Lipinski definition) is 3. The molecule has 0 N–H and O–H groups in total. The number of aryl methyl sites for hydroxylation is 1. The molecular formula is C23H19NO3. The Morgan fingerprint density at radius 2 is 1.78 bits per heavy atom. The van der Waals surface area contributed by atoms with Crippen molar-refractivity contribution in [3.8, 4) is 11.5 Å². The molecule has 0 aliphatic carbocycles. The van der Waals surface area contributed by atoms with Crippen molar-refractivity contribution in [3.05, 3.63) is 94.5 Å². The molecule has 27 heavy (non-hydrogen) atoms. The highest BCUT2D eigenvalue weighted by Crippen LogP contribution is 2.43. The van der Waals surface area contributed by atoms with Gasteiger partial charge in [0.25, 0.3) is 5.91 Å². The molecule has 2 heterocycles. The van der Waals surface area contributed by atoms with Crippen LogP contribution in [0.15, 0.2) is 66.7 Å². The van der Waals surface area contributed by atoms with Crippen LogP contribution in [-0.4, -0.2) is 17.6 Å². The molecule has 0 saturated carbocycles. The van der Waals surface area contributed by atoms with Crippen molar-refractivity contribution < 1.29 is 14.3 Å². The first kappa shape index (κ1) is 15.9. The quantitative estimate of drug-likeness (QED) is 0.694. The summed E-state index contributed by atoms with van der Waals surface area (Å²) in [5.41, 5.74) is 5.12. The van der Waals surface area contributed by atoms with Crippen LogP contribution >= 0.6 is 0 Å². The molecule has 0 spiro atoms. The van der Waals surface area contributed by atoms with E-state index in [2.05, 4.69) is 25.1 Å². The summed E-state index contributed by atoms with van der Waals surface area (Å²) in [6.07, 6.45) is 0. The fraction of sp³-hybridized carbons (Fsp3) is 0.174. The number of amides is 1. The summed E-state index contributed by atoms with van der Waals surface area (Å²) in [5.74, 6) is 1.55. The molecule has 4 nitrogen and oxygen atoms in total. The fourth-order valence-electron chi connectivity index (χ4n) is 3.93. The van der Waals surface area contributed by atoms with Crippen LogP contribution < -0.4 is 9.47 Å². The van der Waals surface area contributed by atoms with Gasteiger partial charge in [-0.15, -0.1) is 0 Å². The van der Waals surface area contributed by atoms with Crippen molar-refractivity contribution in [1.29, 1.82) is 0 Å². The van der Waals surface area contributed by atoms with Gasteiger partial charge in [-0.3, -0.25) is 4.79 Å². The van der Waals surface area contributed by atoms with Crippen LogP contribution in [0.1, 0.15) is 38.7 Å². The van der Waals surface area contributed by atoms with Gasteiger partial charge in [0, 0.05) is 12.1 Å². The van der Waals surface area contributed by atoms with Gasteiger partial charge in [0.15, 0.2) is 11.5 Å². The van der Waals surface area contributed by atoms with Gasteiger partial charge in [-0.05, 0) is 41.8 Å². The van der Waals surface area contributed by atoms with E-state index in [4.69, 9.17) is 9.47 Å². The minimum atomic E-state index is -0.137. The summed E-state index contributed by atoms with van der Waals surface area (Å²) < 4.78 is 11.0. The third-order valence-corrected chi connectivity index (χ3v) is 5.21. The summed E-state index contributed by atoms with van der Waals surface area (Å²) >= 11 is 0. The van der Waals surface area contributed by atoms with E-state index >= 15 is 0 Å². The summed E-state index contributed by atoms with van der Waals surface area (Å²) in [4.78, 5) is 15.1. The Bertz CT molecular complexity index is 1030. The lowest BCUT2D eigenvalue weighted by Crippen LogP contribution is -2.28. The number of ether oxygens (including phenoxy) is 2. The molecule has 0 aromatic heterocycles. The van der Waals surface area contributed by atoms with Gasteiger partial charge in [-0.25, -0.2) is 0 Å². The molecule has 1 unspecified atom stereocenters. The minimum absolute atomic E-state index is 0.0662. The Labute approximate surface area is 158 Å². The molecule has 0 fully saturated rings. The van der Waals surface area contributed by atoms with Gasteiger partial charge >= 0.3 is 0 Å². The summed E-state index contributed by atoms with van der Waals surface area (Å²) in [6.45, 7) is 2.86. The Morgan fingerprint density at radius 1 is 0.963 bits per heavy atom. The summed E-state index contributed by atoms with van der Waals surface area (Å²) in [6, 6.07) is 22.0. The number of carbonyl (C=O) groups is 1. The molecule has 5 rings (SSSR count). The number of carbonyl (C=O) groups excluding carboxylic acids is 1. The largest absolute Gasteiger partial charge is 0.454 e. The lowest BCUT2D eigenvalue weighted by molar-refractivity contribution is 0.0735. The molecule has 2 aliphatic heterocycles. The molecule has 0 saturated heterocycles. The highest BCUT2D eigenvalue weighted by atomic mass is 16.7. The average molecular weight is 357 g/mol. The van der Waals surface area contributed by atoms with Gasteiger partial charge in [0.1, 0.15) is 0 Å². The van der Waals surface area contributed by atoms with Crippen LogP contribution in [-0.2, 0) is 6.54 Å². The van der Waals surface area contributed by atoms with E-state index in [0.29, 0.717) is 6.54 Å². The van der Waals surface area contributed by atoms with Crippen molar-refractivity contribution in [1.82, 2.24) is 4.90 Å². The first-order valence-electron chi connectivity index (χ1n) is 9.06. The van der Waals surface area contributed by atoms with Crippen molar-refractivity contribution in [3.63, 3.8) is 0 Å². The molecular weight excluding hydrogens is 338 g/mol. The highest BCUT2D eigenvalue weighted by molar-refractivity contribution is 5.99. The second-order valence-corrected chi connectivity index (χ2v) is 7.02. The van der Waals surface area contributed by atoms with Crippen LogP contribution in [0.4, 0.5) is 0 Å². The zero-order valence-electron chi connectivity index (χ0n) is 15.0. The van der Waals surface area contributed by atoms with E-state index in [9.17, 15) is 4.79 Å². The highest BCUT2D eigenvalue weighted by Gasteiger charge is 2.38. The first-order valence-corrected chi connectivity index (χ1v) is 9.06. The smallest absolute Gasteiger partial charge is 0.255 e. The van der Waals surface area contributed by atoms with Gasteiger partial charge in [0.2, 0.25) is 6.79 Å². The van der Waals surface area contributed by atoms with Crippen molar-refractivity contribution in [2.75, 3.05) is 6.79 Å². The van der Waals surface area contributed by atoms with Gasteiger partial charge in [-0.1, -0.05) is 54.1 Å². The number of nitrogens with zero attached hydrogens (tertiary/aromatic N) is 1. The van der Waals surface area contributed by atoms with E-state index < -0.39 is 0 Å². The van der Waals surface area contributed by atoms with Gasteiger partial charge in [0.05, 0.1) is 6.04 Å². The topological polar surface area (TPSA) is 38.8 Å². The first-order chi connectivity index (χ1) is 13.2. The molecule has 3 aromatic rings. The molecule has 1 atom stereocenters. The maximum atomic E-state index is 13.2. The SMILES string of the molecule is Cc1ccc2c(c1)C(c1ccc3c(c1)OCO3)N(Cc1ccccc1)C2=O. The van der Waals surface area contributed by atoms with Crippen LogP contribution in [0.3, 0.4) is 0 Å². The molecule has 0 bridgehead atoms. The molecule has 0 radical (unpaired) electrons. The number of benzene rings is 3. The van der Waals surface area contributed by atoms with E-state index in [1.54, 1.807) is 0 Å². The van der Waals surface area contributed by atoms with Crippen molar-refractivity contribution >= 4 is 5.91 Å². The predicted octanol–water partition coefficient (Wildman–Crippen LogP) is 4.47. The Kier molecular flexibility index (Phi) is 3.64. The Balaban J connectivity index is 1.62. The lowest BCUT2D eigenvalue weighted by atomic mass is 9.96. The Morgan fingerprint density at radius 3 is 2.63 bits per heavy atom. The zero-order valence-corrected chi connectivity index (χ0v) is 15.0. The minimum Gasteiger partial charge on any atom is -0.454 e. The normalized spacial score (nSPS) is 17.3.